The van der Waals surface area contributed by atoms with Crippen molar-refractivity contribution in [3.63, 3.8) is 0 Å². The fraction of sp³-hybridized carbons (Fsp3) is 0.174. The minimum Gasteiger partial charge on any atom is -0.504 e. The zero-order valence-corrected chi connectivity index (χ0v) is 17.1. The number of aliphatic carboxylic acids is 2. The highest BCUT2D eigenvalue weighted by Crippen LogP contribution is 2.41. The van der Waals surface area contributed by atoms with Gasteiger partial charge in [-0.15, -0.1) is 0 Å². The predicted octanol–water partition coefficient (Wildman–Crippen LogP) is 2.51. The van der Waals surface area contributed by atoms with Gasteiger partial charge >= 0.3 is 11.9 Å². The first-order chi connectivity index (χ1) is 15.4. The number of hydrogen-bond acceptors (Lipinski definition) is 6. The van der Waals surface area contributed by atoms with Crippen LogP contribution < -0.4 is 18.8 Å². The van der Waals surface area contributed by atoms with Gasteiger partial charge in [-0.25, -0.2) is 9.59 Å². The summed E-state index contributed by atoms with van der Waals surface area (Å²) in [6.07, 6.45) is 4.12. The summed E-state index contributed by atoms with van der Waals surface area (Å²) in [6, 6.07) is 9.84. The lowest BCUT2D eigenvalue weighted by Gasteiger charge is -2.17. The van der Waals surface area contributed by atoms with Crippen LogP contribution in [0.5, 0.6) is 23.0 Å². The van der Waals surface area contributed by atoms with Crippen molar-refractivity contribution in [2.75, 3.05) is 13.9 Å². The Balaban J connectivity index is 0.000000265. The molecule has 0 unspecified atom stereocenters. The van der Waals surface area contributed by atoms with Crippen molar-refractivity contribution >= 4 is 22.7 Å². The zero-order valence-electron chi connectivity index (χ0n) is 17.1. The summed E-state index contributed by atoms with van der Waals surface area (Å²) in [5, 5.41) is 27.9. The SMILES string of the molecule is COc1cc2c(cc1O)-c1cc3ccc4c(c3c[n+]1CC2)OCO4.O=C(O)/C=C/C(=O)O. The molecule has 164 valence electrons. The molecule has 0 fully saturated rings. The molecule has 3 N–H and O–H groups in total. The predicted molar refractivity (Wildman–Crippen MR) is 112 cm³/mol. The molecule has 0 radical (unpaired) electrons. The lowest BCUT2D eigenvalue weighted by molar-refractivity contribution is -0.686. The smallest absolute Gasteiger partial charge is 0.328 e. The third kappa shape index (κ3) is 4.00. The summed E-state index contributed by atoms with van der Waals surface area (Å²) >= 11 is 0. The van der Waals surface area contributed by atoms with Gasteiger partial charge in [0.15, 0.2) is 35.7 Å². The summed E-state index contributed by atoms with van der Waals surface area (Å²) in [4.78, 5) is 19.1. The third-order valence-corrected chi connectivity index (χ3v) is 5.17. The number of fused-ring (bicyclic) bond motifs is 6. The van der Waals surface area contributed by atoms with Gasteiger partial charge in [-0.2, -0.15) is 4.57 Å². The van der Waals surface area contributed by atoms with Crippen LogP contribution in [-0.2, 0) is 22.6 Å². The Morgan fingerprint density at radius 2 is 1.84 bits per heavy atom. The van der Waals surface area contributed by atoms with E-state index in [4.69, 9.17) is 24.4 Å². The van der Waals surface area contributed by atoms with Gasteiger partial charge in [0.2, 0.25) is 12.5 Å². The normalized spacial score (nSPS) is 13.2. The van der Waals surface area contributed by atoms with Crippen LogP contribution in [0.1, 0.15) is 5.56 Å². The summed E-state index contributed by atoms with van der Waals surface area (Å²) in [5.41, 5.74) is 3.31. The number of phenols is 1. The van der Waals surface area contributed by atoms with Crippen LogP contribution in [0.2, 0.25) is 0 Å². The first kappa shape index (κ1) is 21.0. The maximum absolute atomic E-state index is 10.2. The number of nitrogens with zero attached hydrogens (tertiary/aromatic N) is 1. The van der Waals surface area contributed by atoms with E-state index in [1.165, 1.54) is 5.56 Å². The van der Waals surface area contributed by atoms with Crippen molar-refractivity contribution in [3.8, 4) is 34.3 Å². The summed E-state index contributed by atoms with van der Waals surface area (Å²) < 4.78 is 18.5. The number of carboxylic acid groups (broad SMARTS) is 2. The van der Waals surface area contributed by atoms with Gasteiger partial charge in [-0.05, 0) is 35.2 Å². The molecule has 2 aliphatic heterocycles. The number of aromatic hydroxyl groups is 1. The quantitative estimate of drug-likeness (QED) is 0.421. The molecule has 1 aromatic heterocycles. The van der Waals surface area contributed by atoms with E-state index in [1.54, 1.807) is 13.2 Å². The molecule has 0 amide bonds. The molecule has 5 rings (SSSR count). The topological polar surface area (TPSA) is 126 Å². The number of rotatable bonds is 3. The summed E-state index contributed by atoms with van der Waals surface area (Å²) in [7, 11) is 1.57. The molecular formula is C23H20NO8+. The molecule has 9 nitrogen and oxygen atoms in total. The maximum Gasteiger partial charge on any atom is 0.328 e. The van der Waals surface area contributed by atoms with Crippen molar-refractivity contribution in [1.29, 1.82) is 0 Å². The molecule has 9 heteroatoms. The number of aryl methyl sites for hydroxylation is 2. The molecule has 3 aromatic rings. The maximum atomic E-state index is 10.2. The van der Waals surface area contributed by atoms with E-state index in [0.717, 1.165) is 46.5 Å². The van der Waals surface area contributed by atoms with Crippen LogP contribution >= 0.6 is 0 Å². The standard InChI is InChI=1S/C19H15NO4.C4H4O4/c1-22-18-7-12-4-5-20-9-14-11(2-3-17-19(14)24-10-23-17)6-15(20)13(12)8-16(18)21;5-3(6)1-2-4(7)8/h2-3,6-9H,4-5,10H2,1H3;1-2H,(H,5,6)(H,7,8)/p+1/b;2-1+. The average molecular weight is 438 g/mol. The van der Waals surface area contributed by atoms with E-state index in [9.17, 15) is 14.7 Å². The molecule has 0 saturated carbocycles. The van der Waals surface area contributed by atoms with Gasteiger partial charge in [0, 0.05) is 24.6 Å². The van der Waals surface area contributed by atoms with Crippen molar-refractivity contribution < 1.29 is 43.7 Å². The van der Waals surface area contributed by atoms with Crippen molar-refractivity contribution in [1.82, 2.24) is 0 Å². The molecule has 2 aromatic carbocycles. The number of ether oxygens (including phenoxy) is 3. The second-order valence-corrected chi connectivity index (χ2v) is 7.10. The lowest BCUT2D eigenvalue weighted by atomic mass is 9.95. The number of carbonyl (C=O) groups is 2. The van der Waals surface area contributed by atoms with Gasteiger partial charge in [-0.3, -0.25) is 0 Å². The van der Waals surface area contributed by atoms with Crippen molar-refractivity contribution in [3.05, 3.63) is 54.2 Å². The van der Waals surface area contributed by atoms with Crippen LogP contribution in [0.15, 0.2) is 48.7 Å². The Morgan fingerprint density at radius 1 is 1.09 bits per heavy atom. The Kier molecular flexibility index (Phi) is 5.55. The molecule has 32 heavy (non-hydrogen) atoms. The van der Waals surface area contributed by atoms with Crippen LogP contribution in [-0.4, -0.2) is 41.2 Å². The Labute approximate surface area is 182 Å². The highest BCUT2D eigenvalue weighted by Gasteiger charge is 2.27. The fourth-order valence-electron chi connectivity index (χ4n) is 3.74. The minimum atomic E-state index is -1.26. The van der Waals surface area contributed by atoms with Gasteiger partial charge in [0.05, 0.1) is 18.1 Å². The fourth-order valence-corrected chi connectivity index (χ4v) is 3.74. The largest absolute Gasteiger partial charge is 0.504 e. The van der Waals surface area contributed by atoms with Crippen LogP contribution in [0.25, 0.3) is 22.0 Å². The number of phenolic OH excluding ortho intramolecular Hbond substituents is 1. The first-order valence-corrected chi connectivity index (χ1v) is 9.67. The summed E-state index contributed by atoms with van der Waals surface area (Å²) in [5.74, 6) is -0.227. The third-order valence-electron chi connectivity index (χ3n) is 5.17. The number of hydrogen-bond donors (Lipinski definition) is 3. The Bertz CT molecular complexity index is 1250. The van der Waals surface area contributed by atoms with Gasteiger partial charge < -0.3 is 29.5 Å². The lowest BCUT2D eigenvalue weighted by Crippen LogP contribution is -2.40. The molecule has 0 aliphatic carbocycles. The van der Waals surface area contributed by atoms with Gasteiger partial charge in [-0.1, -0.05) is 0 Å². The molecule has 3 heterocycles. The number of methoxy groups -OCH3 is 1. The molecule has 0 spiro atoms. The van der Waals surface area contributed by atoms with Crippen LogP contribution in [0.3, 0.4) is 0 Å². The number of benzene rings is 2. The molecule has 2 aliphatic rings. The van der Waals surface area contributed by atoms with E-state index in [1.807, 2.05) is 18.2 Å². The number of pyridine rings is 1. The number of carboxylic acids is 2. The van der Waals surface area contributed by atoms with E-state index in [2.05, 4.69) is 16.8 Å². The first-order valence-electron chi connectivity index (χ1n) is 9.67. The van der Waals surface area contributed by atoms with Crippen molar-refractivity contribution in [2.45, 2.75) is 13.0 Å². The summed E-state index contributed by atoms with van der Waals surface area (Å²) in [6.45, 7) is 1.14. The van der Waals surface area contributed by atoms with Crippen LogP contribution in [0, 0.1) is 0 Å². The highest BCUT2D eigenvalue weighted by atomic mass is 16.7. The second-order valence-electron chi connectivity index (χ2n) is 7.10. The molecule has 0 bridgehead atoms. The van der Waals surface area contributed by atoms with E-state index >= 15 is 0 Å². The van der Waals surface area contributed by atoms with Crippen molar-refractivity contribution in [2.24, 2.45) is 0 Å². The van der Waals surface area contributed by atoms with Gasteiger partial charge in [0.1, 0.15) is 0 Å². The Morgan fingerprint density at radius 3 is 2.53 bits per heavy atom. The Hall–Kier alpha value is -4.27. The van der Waals surface area contributed by atoms with Gasteiger partial charge in [0.25, 0.3) is 0 Å². The number of aromatic nitrogens is 1. The van der Waals surface area contributed by atoms with E-state index in [0.29, 0.717) is 17.9 Å². The second kappa shape index (κ2) is 8.46. The zero-order chi connectivity index (χ0) is 22.8. The van der Waals surface area contributed by atoms with Crippen LogP contribution in [0.4, 0.5) is 0 Å². The molecule has 0 atom stereocenters. The monoisotopic (exact) mass is 438 g/mol. The minimum absolute atomic E-state index is 0.162. The average Bonchev–Trinajstić information content (AvgIpc) is 3.26. The highest BCUT2D eigenvalue weighted by molar-refractivity contribution is 5.92. The molecule has 0 saturated heterocycles. The van der Waals surface area contributed by atoms with E-state index in [-0.39, 0.29) is 12.5 Å². The molecular weight excluding hydrogens is 418 g/mol. The van der Waals surface area contributed by atoms with E-state index < -0.39 is 11.9 Å².